The summed E-state index contributed by atoms with van der Waals surface area (Å²) in [5.41, 5.74) is 1.37. The third kappa shape index (κ3) is 4.30. The van der Waals surface area contributed by atoms with Gasteiger partial charge >= 0.3 is 0 Å². The lowest BCUT2D eigenvalue weighted by Gasteiger charge is -2.19. The summed E-state index contributed by atoms with van der Waals surface area (Å²) in [6, 6.07) is 2.17. The van der Waals surface area contributed by atoms with E-state index in [0.29, 0.717) is 5.92 Å². The molecule has 0 aromatic carbocycles. The summed E-state index contributed by atoms with van der Waals surface area (Å²) < 4.78 is 1.20. The molecular formula is C10H15BrClNS. The van der Waals surface area contributed by atoms with Crippen LogP contribution in [-0.4, -0.2) is 24.4 Å². The van der Waals surface area contributed by atoms with Crippen molar-refractivity contribution in [3.8, 4) is 0 Å². The lowest BCUT2D eigenvalue weighted by Crippen LogP contribution is -2.24. The van der Waals surface area contributed by atoms with Gasteiger partial charge in [-0.25, -0.2) is 0 Å². The maximum atomic E-state index is 5.77. The van der Waals surface area contributed by atoms with Crippen LogP contribution < -0.4 is 0 Å². The molecule has 1 aromatic heterocycles. The predicted molar refractivity (Wildman–Crippen MR) is 68.2 cm³/mol. The third-order valence-electron chi connectivity index (χ3n) is 1.96. The van der Waals surface area contributed by atoms with Gasteiger partial charge in [0, 0.05) is 19.0 Å². The maximum absolute atomic E-state index is 5.77. The highest BCUT2D eigenvalue weighted by molar-refractivity contribution is 9.11. The van der Waals surface area contributed by atoms with Crippen molar-refractivity contribution in [2.24, 2.45) is 5.92 Å². The van der Waals surface area contributed by atoms with Crippen molar-refractivity contribution >= 4 is 38.9 Å². The smallest absolute Gasteiger partial charge is 0.0701 e. The molecule has 0 radical (unpaired) electrons. The molecule has 1 unspecified atom stereocenters. The van der Waals surface area contributed by atoms with Crippen molar-refractivity contribution in [2.75, 3.05) is 19.5 Å². The summed E-state index contributed by atoms with van der Waals surface area (Å²) in [6.45, 7) is 4.23. The first-order valence-corrected chi connectivity index (χ1v) is 6.80. The Hall–Kier alpha value is 0.430. The van der Waals surface area contributed by atoms with Crippen LogP contribution in [0.4, 0.5) is 0 Å². The van der Waals surface area contributed by atoms with Crippen LogP contribution in [0.1, 0.15) is 12.5 Å². The minimum Gasteiger partial charge on any atom is -0.302 e. The minimum absolute atomic E-state index is 0.559. The fraction of sp³-hybridized carbons (Fsp3) is 0.600. The number of halogens is 2. The van der Waals surface area contributed by atoms with Crippen LogP contribution in [0.5, 0.6) is 0 Å². The Bertz CT molecular complexity index is 277. The molecule has 1 atom stereocenters. The van der Waals surface area contributed by atoms with Gasteiger partial charge in [-0.3, -0.25) is 0 Å². The Morgan fingerprint density at radius 3 is 2.86 bits per heavy atom. The van der Waals surface area contributed by atoms with Gasteiger partial charge in [0.25, 0.3) is 0 Å². The molecule has 0 saturated heterocycles. The van der Waals surface area contributed by atoms with Gasteiger partial charge in [-0.2, -0.15) is 0 Å². The molecule has 1 aromatic rings. The summed E-state index contributed by atoms with van der Waals surface area (Å²) in [7, 11) is 2.13. The van der Waals surface area contributed by atoms with E-state index in [1.54, 1.807) is 11.3 Å². The first-order chi connectivity index (χ1) is 6.61. The maximum Gasteiger partial charge on any atom is 0.0701 e. The Morgan fingerprint density at radius 1 is 1.64 bits per heavy atom. The summed E-state index contributed by atoms with van der Waals surface area (Å²) in [4.78, 5) is 2.31. The van der Waals surface area contributed by atoms with Crippen LogP contribution >= 0.6 is 38.9 Å². The molecule has 1 nitrogen and oxygen atoms in total. The molecule has 4 heteroatoms. The van der Waals surface area contributed by atoms with Crippen molar-refractivity contribution in [1.29, 1.82) is 0 Å². The van der Waals surface area contributed by atoms with Gasteiger partial charge in [0.05, 0.1) is 3.79 Å². The van der Waals surface area contributed by atoms with E-state index in [0.717, 1.165) is 19.0 Å². The Balaban J connectivity index is 2.37. The quantitative estimate of drug-likeness (QED) is 0.747. The first-order valence-electron chi connectivity index (χ1n) is 4.59. The molecule has 0 saturated carbocycles. The van der Waals surface area contributed by atoms with Crippen LogP contribution in [0.3, 0.4) is 0 Å². The van der Waals surface area contributed by atoms with Crippen LogP contribution in [0.2, 0.25) is 0 Å². The van der Waals surface area contributed by atoms with Gasteiger partial charge in [0.15, 0.2) is 0 Å². The number of hydrogen-bond acceptors (Lipinski definition) is 2. The SMILES string of the molecule is CC(CCl)CN(C)Cc1csc(Br)c1. The largest absolute Gasteiger partial charge is 0.302 e. The van der Waals surface area contributed by atoms with E-state index in [1.807, 2.05) is 0 Å². The first kappa shape index (κ1) is 12.5. The minimum atomic E-state index is 0.559. The lowest BCUT2D eigenvalue weighted by molar-refractivity contribution is 0.290. The fourth-order valence-electron chi connectivity index (χ4n) is 1.39. The van der Waals surface area contributed by atoms with E-state index >= 15 is 0 Å². The summed E-state index contributed by atoms with van der Waals surface area (Å²) >= 11 is 11.0. The molecular weight excluding hydrogens is 282 g/mol. The van der Waals surface area contributed by atoms with Crippen LogP contribution in [0.25, 0.3) is 0 Å². The summed E-state index contributed by atoms with van der Waals surface area (Å²) in [5, 5.41) is 2.19. The highest BCUT2D eigenvalue weighted by Gasteiger charge is 2.06. The second-order valence-electron chi connectivity index (χ2n) is 3.72. The molecule has 0 spiro atoms. The van der Waals surface area contributed by atoms with E-state index in [2.05, 4.69) is 46.2 Å². The molecule has 14 heavy (non-hydrogen) atoms. The van der Waals surface area contributed by atoms with E-state index < -0.39 is 0 Å². The molecule has 1 rings (SSSR count). The van der Waals surface area contributed by atoms with Crippen LogP contribution in [0, 0.1) is 5.92 Å². The lowest BCUT2D eigenvalue weighted by atomic mass is 10.2. The van der Waals surface area contributed by atoms with Crippen molar-refractivity contribution in [3.05, 3.63) is 20.8 Å². The van der Waals surface area contributed by atoms with Crippen molar-refractivity contribution in [3.63, 3.8) is 0 Å². The van der Waals surface area contributed by atoms with Gasteiger partial charge in [-0.05, 0) is 45.9 Å². The molecule has 0 fully saturated rings. The van der Waals surface area contributed by atoms with Crippen LogP contribution in [-0.2, 0) is 6.54 Å². The molecule has 80 valence electrons. The van der Waals surface area contributed by atoms with E-state index in [1.165, 1.54) is 9.35 Å². The molecule has 0 aliphatic carbocycles. The van der Waals surface area contributed by atoms with Crippen molar-refractivity contribution < 1.29 is 0 Å². The third-order valence-corrected chi connectivity index (χ3v) is 4.04. The number of rotatable bonds is 5. The molecule has 0 aliphatic rings. The average Bonchev–Trinajstić information content (AvgIpc) is 2.50. The second kappa shape index (κ2) is 6.11. The van der Waals surface area contributed by atoms with E-state index in [-0.39, 0.29) is 0 Å². The zero-order valence-corrected chi connectivity index (χ0v) is 11.6. The molecule has 0 N–H and O–H groups in total. The van der Waals surface area contributed by atoms with E-state index in [9.17, 15) is 0 Å². The summed E-state index contributed by atoms with van der Waals surface area (Å²) in [6.07, 6.45) is 0. The number of thiophene rings is 1. The number of alkyl halides is 1. The predicted octanol–water partition coefficient (Wildman–Crippen LogP) is 3.82. The normalized spacial score (nSPS) is 13.5. The molecule has 0 amide bonds. The zero-order chi connectivity index (χ0) is 10.6. The Morgan fingerprint density at radius 2 is 2.36 bits per heavy atom. The fourth-order valence-corrected chi connectivity index (χ4v) is 2.68. The van der Waals surface area contributed by atoms with Gasteiger partial charge in [-0.1, -0.05) is 6.92 Å². The van der Waals surface area contributed by atoms with E-state index in [4.69, 9.17) is 11.6 Å². The standard InChI is InChI=1S/C10H15BrClNS/c1-8(4-12)5-13(2)6-9-3-10(11)14-7-9/h3,7-8H,4-6H2,1-2H3. The van der Waals surface area contributed by atoms with Gasteiger partial charge in [0.1, 0.15) is 0 Å². The number of nitrogens with zero attached hydrogens (tertiary/aromatic N) is 1. The van der Waals surface area contributed by atoms with Crippen molar-refractivity contribution in [2.45, 2.75) is 13.5 Å². The zero-order valence-electron chi connectivity index (χ0n) is 8.46. The van der Waals surface area contributed by atoms with Crippen LogP contribution in [0.15, 0.2) is 15.2 Å². The molecule has 0 aliphatic heterocycles. The van der Waals surface area contributed by atoms with Gasteiger partial charge in [0.2, 0.25) is 0 Å². The van der Waals surface area contributed by atoms with Crippen molar-refractivity contribution in [1.82, 2.24) is 4.90 Å². The second-order valence-corrected chi connectivity index (χ2v) is 6.31. The monoisotopic (exact) mass is 295 g/mol. The molecule has 1 heterocycles. The van der Waals surface area contributed by atoms with Gasteiger partial charge < -0.3 is 4.90 Å². The summed E-state index contributed by atoms with van der Waals surface area (Å²) in [5.74, 6) is 1.29. The Kier molecular flexibility index (Phi) is 5.45. The molecule has 0 bridgehead atoms. The highest BCUT2D eigenvalue weighted by Crippen LogP contribution is 2.21. The Labute approximate surface area is 103 Å². The topological polar surface area (TPSA) is 3.24 Å². The highest BCUT2D eigenvalue weighted by atomic mass is 79.9. The number of hydrogen-bond donors (Lipinski definition) is 0. The average molecular weight is 297 g/mol. The van der Waals surface area contributed by atoms with Gasteiger partial charge in [-0.15, -0.1) is 22.9 Å².